The molecular weight excluding hydrogens is 365 g/mol. The van der Waals surface area contributed by atoms with E-state index >= 15 is 0 Å². The van der Waals surface area contributed by atoms with Crippen LogP contribution in [0.25, 0.3) is 10.9 Å². The van der Waals surface area contributed by atoms with Gasteiger partial charge < -0.3 is 4.74 Å². The highest BCUT2D eigenvalue weighted by atomic mass is 127. The highest BCUT2D eigenvalue weighted by Crippen LogP contribution is 2.36. The van der Waals surface area contributed by atoms with Crippen LogP contribution in [0.2, 0.25) is 5.02 Å². The van der Waals surface area contributed by atoms with Crippen molar-refractivity contribution in [2.75, 3.05) is 0 Å². The summed E-state index contributed by atoms with van der Waals surface area (Å²) in [4.78, 5) is 15.3. The number of pyridine rings is 1. The van der Waals surface area contributed by atoms with E-state index in [9.17, 15) is 4.79 Å². The number of Topliss-reactive ketones (excluding diaryl/α,β-unsaturated/α-hetero) is 1. The number of hydrogen-bond donors (Lipinski definition) is 0. The Balaban J connectivity index is 2.07. The topological polar surface area (TPSA) is 39.2 Å². The zero-order chi connectivity index (χ0) is 12.7. The number of fused-ring (bicyclic) bond motifs is 1. The lowest BCUT2D eigenvalue weighted by molar-refractivity contribution is -0.129. The normalized spacial score (nSPS) is 15.8. The van der Waals surface area contributed by atoms with Gasteiger partial charge in [0.05, 0.1) is 8.59 Å². The van der Waals surface area contributed by atoms with Gasteiger partial charge in [0.1, 0.15) is 17.4 Å². The lowest BCUT2D eigenvalue weighted by Gasteiger charge is -2.26. The van der Waals surface area contributed by atoms with Gasteiger partial charge in [0.25, 0.3) is 0 Å². The summed E-state index contributed by atoms with van der Waals surface area (Å²) in [6, 6.07) is 5.62. The molecule has 1 aliphatic rings. The SMILES string of the molecule is O=C1CC(Oc2c(I)cc(Cl)c3cccnc23)C1. The molecule has 3 rings (SSSR count). The van der Waals surface area contributed by atoms with Gasteiger partial charge in [0.15, 0.2) is 5.75 Å². The summed E-state index contributed by atoms with van der Waals surface area (Å²) in [5, 5.41) is 1.54. The van der Waals surface area contributed by atoms with Crippen molar-refractivity contribution in [3.63, 3.8) is 0 Å². The van der Waals surface area contributed by atoms with Gasteiger partial charge in [-0.1, -0.05) is 11.6 Å². The number of carbonyl (C=O) groups excluding carboxylic acids is 1. The van der Waals surface area contributed by atoms with Crippen LogP contribution in [0.1, 0.15) is 12.8 Å². The molecule has 1 aromatic carbocycles. The van der Waals surface area contributed by atoms with Gasteiger partial charge in [-0.2, -0.15) is 0 Å². The maximum Gasteiger partial charge on any atom is 0.159 e. The van der Waals surface area contributed by atoms with Crippen LogP contribution in [0.4, 0.5) is 0 Å². The Labute approximate surface area is 123 Å². The van der Waals surface area contributed by atoms with E-state index in [0.717, 1.165) is 20.2 Å². The zero-order valence-electron chi connectivity index (χ0n) is 9.32. The van der Waals surface area contributed by atoms with E-state index in [0.29, 0.717) is 17.9 Å². The summed E-state index contributed by atoms with van der Waals surface area (Å²) >= 11 is 8.37. The smallest absolute Gasteiger partial charge is 0.159 e. The summed E-state index contributed by atoms with van der Waals surface area (Å²) in [6.07, 6.45) is 2.69. The van der Waals surface area contributed by atoms with E-state index in [1.807, 2.05) is 18.2 Å². The predicted molar refractivity (Wildman–Crippen MR) is 78.1 cm³/mol. The van der Waals surface area contributed by atoms with E-state index in [-0.39, 0.29) is 11.9 Å². The third-order valence-corrected chi connectivity index (χ3v) is 4.06. The molecule has 18 heavy (non-hydrogen) atoms. The van der Waals surface area contributed by atoms with Crippen LogP contribution in [0.5, 0.6) is 5.75 Å². The summed E-state index contributed by atoms with van der Waals surface area (Å²) in [5.74, 6) is 0.981. The Kier molecular flexibility index (Phi) is 3.15. The molecule has 0 amide bonds. The average molecular weight is 374 g/mol. The van der Waals surface area contributed by atoms with Gasteiger partial charge in [-0.25, -0.2) is 0 Å². The maximum atomic E-state index is 11.0. The lowest BCUT2D eigenvalue weighted by atomic mass is 9.94. The molecule has 0 spiro atoms. The molecule has 1 aromatic heterocycles. The Morgan fingerprint density at radius 1 is 1.44 bits per heavy atom. The van der Waals surface area contributed by atoms with Crippen molar-refractivity contribution in [3.8, 4) is 5.75 Å². The first-order valence-electron chi connectivity index (χ1n) is 5.56. The molecule has 2 aromatic rings. The van der Waals surface area contributed by atoms with Crippen LogP contribution >= 0.6 is 34.2 Å². The van der Waals surface area contributed by atoms with Gasteiger partial charge >= 0.3 is 0 Å². The number of benzene rings is 1. The Bertz CT molecular complexity index is 636. The fourth-order valence-corrected chi connectivity index (χ4v) is 3.10. The molecule has 3 nitrogen and oxygen atoms in total. The molecule has 0 aliphatic heterocycles. The summed E-state index contributed by atoms with van der Waals surface area (Å²) < 4.78 is 6.79. The number of rotatable bonds is 2. The monoisotopic (exact) mass is 373 g/mol. The number of carbonyl (C=O) groups is 1. The van der Waals surface area contributed by atoms with Crippen LogP contribution in [-0.2, 0) is 4.79 Å². The Morgan fingerprint density at radius 3 is 2.94 bits per heavy atom. The number of hydrogen-bond acceptors (Lipinski definition) is 3. The molecular formula is C13H9ClINO2. The van der Waals surface area contributed by atoms with Gasteiger partial charge in [0, 0.05) is 24.4 Å². The molecule has 1 fully saturated rings. The van der Waals surface area contributed by atoms with Crippen molar-refractivity contribution in [1.29, 1.82) is 0 Å². The van der Waals surface area contributed by atoms with Crippen LogP contribution in [0.3, 0.4) is 0 Å². The van der Waals surface area contributed by atoms with E-state index in [1.54, 1.807) is 6.20 Å². The Hall–Kier alpha value is -0.880. The fourth-order valence-electron chi connectivity index (χ4n) is 1.96. The first kappa shape index (κ1) is 12.2. The molecule has 0 saturated heterocycles. The summed E-state index contributed by atoms with van der Waals surface area (Å²) in [5.41, 5.74) is 0.758. The molecule has 92 valence electrons. The minimum atomic E-state index is -0.0163. The zero-order valence-corrected chi connectivity index (χ0v) is 12.2. The molecule has 0 atom stereocenters. The average Bonchev–Trinajstić information content (AvgIpc) is 2.32. The van der Waals surface area contributed by atoms with Crippen LogP contribution in [-0.4, -0.2) is 16.9 Å². The first-order chi connectivity index (χ1) is 8.65. The van der Waals surface area contributed by atoms with E-state index in [1.165, 1.54) is 0 Å². The third kappa shape index (κ3) is 2.07. The van der Waals surface area contributed by atoms with Crippen LogP contribution in [0.15, 0.2) is 24.4 Å². The van der Waals surface area contributed by atoms with Gasteiger partial charge in [0.2, 0.25) is 0 Å². The van der Waals surface area contributed by atoms with Crippen molar-refractivity contribution in [2.24, 2.45) is 0 Å². The molecule has 0 N–H and O–H groups in total. The fraction of sp³-hybridized carbons (Fsp3) is 0.231. The minimum absolute atomic E-state index is 0.0163. The van der Waals surface area contributed by atoms with Gasteiger partial charge in [-0.3, -0.25) is 9.78 Å². The highest BCUT2D eigenvalue weighted by Gasteiger charge is 2.29. The highest BCUT2D eigenvalue weighted by molar-refractivity contribution is 14.1. The molecule has 1 heterocycles. The maximum absolute atomic E-state index is 11.0. The van der Waals surface area contributed by atoms with Crippen molar-refractivity contribution < 1.29 is 9.53 Å². The van der Waals surface area contributed by atoms with Crippen molar-refractivity contribution in [2.45, 2.75) is 18.9 Å². The van der Waals surface area contributed by atoms with Crippen molar-refractivity contribution in [1.82, 2.24) is 4.98 Å². The van der Waals surface area contributed by atoms with Crippen LogP contribution < -0.4 is 4.74 Å². The van der Waals surface area contributed by atoms with E-state index < -0.39 is 0 Å². The molecule has 1 aliphatic carbocycles. The van der Waals surface area contributed by atoms with Crippen molar-refractivity contribution in [3.05, 3.63) is 33.0 Å². The van der Waals surface area contributed by atoms with Crippen LogP contribution in [0, 0.1) is 3.57 Å². The second-order valence-electron chi connectivity index (χ2n) is 4.26. The minimum Gasteiger partial charge on any atom is -0.486 e. The molecule has 0 unspecified atom stereocenters. The predicted octanol–water partition coefficient (Wildman–Crippen LogP) is 3.60. The van der Waals surface area contributed by atoms with Gasteiger partial charge in [-0.05, 0) is 40.8 Å². The molecule has 5 heteroatoms. The van der Waals surface area contributed by atoms with E-state index in [4.69, 9.17) is 16.3 Å². The number of nitrogens with zero attached hydrogens (tertiary/aromatic N) is 1. The Morgan fingerprint density at radius 2 is 2.22 bits per heavy atom. The van der Waals surface area contributed by atoms with E-state index in [2.05, 4.69) is 27.6 Å². The third-order valence-electron chi connectivity index (χ3n) is 2.95. The second-order valence-corrected chi connectivity index (χ2v) is 5.83. The van der Waals surface area contributed by atoms with Crippen molar-refractivity contribution >= 4 is 50.9 Å². The lowest BCUT2D eigenvalue weighted by Crippen LogP contribution is -2.34. The quantitative estimate of drug-likeness (QED) is 0.755. The summed E-state index contributed by atoms with van der Waals surface area (Å²) in [7, 11) is 0. The first-order valence-corrected chi connectivity index (χ1v) is 7.02. The number of aromatic nitrogens is 1. The largest absolute Gasteiger partial charge is 0.486 e. The molecule has 0 radical (unpaired) electrons. The molecule has 0 bridgehead atoms. The number of ether oxygens (including phenoxy) is 1. The van der Waals surface area contributed by atoms with Gasteiger partial charge in [-0.15, -0.1) is 0 Å². The summed E-state index contributed by atoms with van der Waals surface area (Å²) in [6.45, 7) is 0. The standard InChI is InChI=1S/C13H9ClINO2/c14-10-6-11(15)13(18-8-4-7(17)5-8)12-9(10)2-1-3-16-12/h1-3,6,8H,4-5H2. The molecule has 1 saturated carbocycles. The number of ketones is 1. The number of halogens is 2. The second kappa shape index (κ2) is 4.66.